The second-order valence-electron chi connectivity index (χ2n) is 3.74. The van der Waals surface area contributed by atoms with Gasteiger partial charge in [-0.25, -0.2) is 0 Å². The molecule has 15 heavy (non-hydrogen) atoms. The Labute approximate surface area is 104 Å². The highest BCUT2D eigenvalue weighted by atomic mass is 79.9. The first-order chi connectivity index (χ1) is 7.27. The molecule has 0 spiro atoms. The van der Waals surface area contributed by atoms with Gasteiger partial charge in [-0.2, -0.15) is 0 Å². The summed E-state index contributed by atoms with van der Waals surface area (Å²) in [5, 5.41) is 4.19. The van der Waals surface area contributed by atoms with Gasteiger partial charge in [0, 0.05) is 37.2 Å². The van der Waals surface area contributed by atoms with Crippen molar-refractivity contribution in [1.82, 2.24) is 10.2 Å². The van der Waals surface area contributed by atoms with Crippen LogP contribution in [0.15, 0.2) is 22.7 Å². The Balaban J connectivity index is 2.06. The SMILES string of the molecule is Clc1c(Br)cccc1CN1CCNCC1. The fourth-order valence-corrected chi connectivity index (χ4v) is 2.37. The monoisotopic (exact) mass is 288 g/mol. The molecule has 4 heteroatoms. The van der Waals surface area contributed by atoms with E-state index in [2.05, 4.69) is 32.2 Å². The number of benzene rings is 1. The molecule has 1 aliphatic heterocycles. The molecule has 1 aromatic rings. The van der Waals surface area contributed by atoms with E-state index >= 15 is 0 Å². The van der Waals surface area contributed by atoms with E-state index in [-0.39, 0.29) is 0 Å². The molecular formula is C11H14BrClN2. The van der Waals surface area contributed by atoms with Crippen molar-refractivity contribution >= 4 is 27.5 Å². The summed E-state index contributed by atoms with van der Waals surface area (Å²) in [4.78, 5) is 2.42. The van der Waals surface area contributed by atoms with Gasteiger partial charge in [-0.3, -0.25) is 4.90 Å². The van der Waals surface area contributed by atoms with E-state index in [9.17, 15) is 0 Å². The van der Waals surface area contributed by atoms with Gasteiger partial charge < -0.3 is 5.32 Å². The standard InChI is InChI=1S/C11H14BrClN2/c12-10-3-1-2-9(11(10)13)8-15-6-4-14-5-7-15/h1-3,14H,4-8H2. The van der Waals surface area contributed by atoms with Gasteiger partial charge in [0.05, 0.1) is 5.02 Å². The highest BCUT2D eigenvalue weighted by Crippen LogP contribution is 2.26. The molecule has 1 aromatic carbocycles. The summed E-state index contributed by atoms with van der Waals surface area (Å²) in [6.07, 6.45) is 0. The second kappa shape index (κ2) is 5.30. The highest BCUT2D eigenvalue weighted by Gasteiger charge is 2.12. The maximum absolute atomic E-state index is 6.22. The van der Waals surface area contributed by atoms with Crippen LogP contribution in [-0.4, -0.2) is 31.1 Å². The predicted octanol–water partition coefficient (Wildman–Crippen LogP) is 2.51. The lowest BCUT2D eigenvalue weighted by molar-refractivity contribution is 0.233. The fourth-order valence-electron chi connectivity index (χ4n) is 1.78. The lowest BCUT2D eigenvalue weighted by Gasteiger charge is -2.27. The Kier molecular flexibility index (Phi) is 4.03. The predicted molar refractivity (Wildman–Crippen MR) is 67.3 cm³/mol. The molecule has 0 radical (unpaired) electrons. The number of hydrogen-bond acceptors (Lipinski definition) is 2. The minimum absolute atomic E-state index is 0.844. The van der Waals surface area contributed by atoms with E-state index in [4.69, 9.17) is 11.6 Å². The highest BCUT2D eigenvalue weighted by molar-refractivity contribution is 9.10. The van der Waals surface area contributed by atoms with Crippen molar-refractivity contribution in [1.29, 1.82) is 0 Å². The Bertz CT molecular complexity index is 337. The summed E-state index contributed by atoms with van der Waals surface area (Å²) in [7, 11) is 0. The van der Waals surface area contributed by atoms with Crippen molar-refractivity contribution in [2.24, 2.45) is 0 Å². The Morgan fingerprint density at radius 1 is 1.33 bits per heavy atom. The van der Waals surface area contributed by atoms with Crippen molar-refractivity contribution < 1.29 is 0 Å². The fraction of sp³-hybridized carbons (Fsp3) is 0.455. The quantitative estimate of drug-likeness (QED) is 0.900. The Morgan fingerprint density at radius 2 is 2.07 bits per heavy atom. The summed E-state index contributed by atoms with van der Waals surface area (Å²) in [6, 6.07) is 6.10. The number of nitrogens with zero attached hydrogens (tertiary/aromatic N) is 1. The number of rotatable bonds is 2. The Morgan fingerprint density at radius 3 is 2.80 bits per heavy atom. The van der Waals surface area contributed by atoms with E-state index in [0.717, 1.165) is 42.2 Å². The minimum Gasteiger partial charge on any atom is -0.314 e. The molecule has 0 aromatic heterocycles. The number of nitrogens with one attached hydrogen (secondary N) is 1. The van der Waals surface area contributed by atoms with Gasteiger partial charge in [-0.1, -0.05) is 23.7 Å². The maximum atomic E-state index is 6.22. The van der Waals surface area contributed by atoms with Crippen LogP contribution in [0.3, 0.4) is 0 Å². The maximum Gasteiger partial charge on any atom is 0.0593 e. The van der Waals surface area contributed by atoms with Gasteiger partial charge in [0.1, 0.15) is 0 Å². The molecule has 1 fully saturated rings. The van der Waals surface area contributed by atoms with Crippen LogP contribution in [0.1, 0.15) is 5.56 Å². The Hall–Kier alpha value is -0.0900. The lowest BCUT2D eigenvalue weighted by Crippen LogP contribution is -2.42. The molecule has 0 unspecified atom stereocenters. The van der Waals surface area contributed by atoms with E-state index in [1.54, 1.807) is 0 Å². The van der Waals surface area contributed by atoms with Gasteiger partial charge in [0.2, 0.25) is 0 Å². The first-order valence-electron chi connectivity index (χ1n) is 5.13. The van der Waals surface area contributed by atoms with Crippen LogP contribution >= 0.6 is 27.5 Å². The van der Waals surface area contributed by atoms with Crippen molar-refractivity contribution in [3.05, 3.63) is 33.3 Å². The van der Waals surface area contributed by atoms with Crippen molar-refractivity contribution in [3.63, 3.8) is 0 Å². The van der Waals surface area contributed by atoms with E-state index in [0.29, 0.717) is 0 Å². The van der Waals surface area contributed by atoms with Crippen LogP contribution in [0, 0.1) is 0 Å². The average Bonchev–Trinajstić information content (AvgIpc) is 2.26. The molecule has 1 aliphatic rings. The topological polar surface area (TPSA) is 15.3 Å². The molecule has 0 aliphatic carbocycles. The van der Waals surface area contributed by atoms with Crippen molar-refractivity contribution in [2.45, 2.75) is 6.54 Å². The summed E-state index contributed by atoms with van der Waals surface area (Å²) in [5.41, 5.74) is 1.20. The van der Waals surface area contributed by atoms with Crippen LogP contribution in [-0.2, 0) is 6.54 Å². The van der Waals surface area contributed by atoms with Gasteiger partial charge in [-0.15, -0.1) is 0 Å². The molecular weight excluding hydrogens is 275 g/mol. The molecule has 0 bridgehead atoms. The van der Waals surface area contributed by atoms with Gasteiger partial charge >= 0.3 is 0 Å². The lowest BCUT2D eigenvalue weighted by atomic mass is 10.2. The van der Waals surface area contributed by atoms with Crippen LogP contribution in [0.25, 0.3) is 0 Å². The number of halogens is 2. The zero-order valence-corrected chi connectivity index (χ0v) is 10.8. The molecule has 1 saturated heterocycles. The number of hydrogen-bond donors (Lipinski definition) is 1. The largest absolute Gasteiger partial charge is 0.314 e. The smallest absolute Gasteiger partial charge is 0.0593 e. The zero-order chi connectivity index (χ0) is 10.7. The molecule has 0 saturated carbocycles. The summed E-state index contributed by atoms with van der Waals surface area (Å²) in [6.45, 7) is 5.29. The molecule has 1 N–H and O–H groups in total. The third kappa shape index (κ3) is 2.94. The van der Waals surface area contributed by atoms with Crippen LogP contribution in [0.5, 0.6) is 0 Å². The molecule has 82 valence electrons. The molecule has 2 rings (SSSR count). The molecule has 0 atom stereocenters. The van der Waals surface area contributed by atoms with E-state index in [1.165, 1.54) is 5.56 Å². The third-order valence-corrected chi connectivity index (χ3v) is 3.97. The van der Waals surface area contributed by atoms with Crippen molar-refractivity contribution in [2.75, 3.05) is 26.2 Å². The molecule has 1 heterocycles. The van der Waals surface area contributed by atoms with Gasteiger partial charge in [0.25, 0.3) is 0 Å². The van der Waals surface area contributed by atoms with Crippen LogP contribution in [0.4, 0.5) is 0 Å². The average molecular weight is 290 g/mol. The normalized spacial score (nSPS) is 18.0. The first-order valence-corrected chi connectivity index (χ1v) is 6.30. The molecule has 0 amide bonds. The number of piperazine rings is 1. The minimum atomic E-state index is 0.844. The summed E-state index contributed by atoms with van der Waals surface area (Å²) in [5.74, 6) is 0. The van der Waals surface area contributed by atoms with Crippen LogP contribution in [0.2, 0.25) is 5.02 Å². The van der Waals surface area contributed by atoms with E-state index < -0.39 is 0 Å². The summed E-state index contributed by atoms with van der Waals surface area (Å²) < 4.78 is 0.983. The van der Waals surface area contributed by atoms with Crippen molar-refractivity contribution in [3.8, 4) is 0 Å². The summed E-state index contributed by atoms with van der Waals surface area (Å²) >= 11 is 9.67. The van der Waals surface area contributed by atoms with Gasteiger partial charge in [0.15, 0.2) is 0 Å². The van der Waals surface area contributed by atoms with Crippen LogP contribution < -0.4 is 5.32 Å². The van der Waals surface area contributed by atoms with Gasteiger partial charge in [-0.05, 0) is 27.6 Å². The third-order valence-electron chi connectivity index (χ3n) is 2.64. The second-order valence-corrected chi connectivity index (χ2v) is 4.97. The molecule has 2 nitrogen and oxygen atoms in total. The zero-order valence-electron chi connectivity index (χ0n) is 8.47. The first kappa shape index (κ1) is 11.4. The van der Waals surface area contributed by atoms with E-state index in [1.807, 2.05) is 12.1 Å².